The van der Waals surface area contributed by atoms with Crippen LogP contribution in [0.2, 0.25) is 5.02 Å². The van der Waals surface area contributed by atoms with E-state index in [0.717, 1.165) is 0 Å². The Morgan fingerprint density at radius 1 is 1.39 bits per heavy atom. The molecule has 0 bridgehead atoms. The molecule has 0 aliphatic rings. The van der Waals surface area contributed by atoms with Gasteiger partial charge in [-0.1, -0.05) is 29.9 Å². The van der Waals surface area contributed by atoms with Crippen LogP contribution in [0.15, 0.2) is 41.0 Å². The van der Waals surface area contributed by atoms with Gasteiger partial charge in [-0.05, 0) is 24.3 Å². The minimum atomic E-state index is -0.387. The maximum atomic E-state index is 11.8. The molecule has 0 atom stereocenters. The van der Waals surface area contributed by atoms with E-state index in [1.54, 1.807) is 30.3 Å². The summed E-state index contributed by atoms with van der Waals surface area (Å²) in [7, 11) is 0. The molecule has 1 heterocycles. The first-order valence-electron chi connectivity index (χ1n) is 5.02. The number of carbonyl (C=O) groups excluding carboxylic acids is 1. The maximum Gasteiger partial charge on any atom is 0.291 e. The van der Waals surface area contributed by atoms with Crippen LogP contribution in [0.25, 0.3) is 0 Å². The smallest absolute Gasteiger partial charge is 0.291 e. The zero-order chi connectivity index (χ0) is 13.1. The molecule has 0 aliphatic heterocycles. The van der Waals surface area contributed by atoms with E-state index in [1.165, 1.54) is 6.26 Å². The number of carbonyl (C=O) groups is 1. The van der Waals surface area contributed by atoms with Crippen LogP contribution >= 0.6 is 23.8 Å². The summed E-state index contributed by atoms with van der Waals surface area (Å²) >= 11 is 10.8. The maximum absolute atomic E-state index is 11.8. The molecule has 0 aliphatic carbocycles. The van der Waals surface area contributed by atoms with Crippen LogP contribution in [0.5, 0.6) is 0 Å². The number of amides is 1. The van der Waals surface area contributed by atoms with Gasteiger partial charge in [-0.25, -0.2) is 0 Å². The standard InChI is InChI=1S/C12H9ClN2O2S/c13-8-4-3-7(11(14)18)6-9(8)15-12(16)10-2-1-5-17-10/h1-6H,(H2,14,18)(H,15,16). The van der Waals surface area contributed by atoms with Crippen LogP contribution in [-0.2, 0) is 0 Å². The summed E-state index contributed by atoms with van der Waals surface area (Å²) < 4.78 is 4.98. The molecular formula is C12H9ClN2O2S. The van der Waals surface area contributed by atoms with Gasteiger partial charge in [0.05, 0.1) is 17.0 Å². The normalized spacial score (nSPS) is 10.1. The van der Waals surface area contributed by atoms with Crippen LogP contribution < -0.4 is 11.1 Å². The third-order valence-electron chi connectivity index (χ3n) is 2.24. The van der Waals surface area contributed by atoms with Crippen LogP contribution in [0.4, 0.5) is 5.69 Å². The number of halogens is 1. The van der Waals surface area contributed by atoms with Crippen LogP contribution in [0, 0.1) is 0 Å². The second kappa shape index (κ2) is 5.20. The molecule has 4 nitrogen and oxygen atoms in total. The second-order valence-electron chi connectivity index (χ2n) is 3.49. The van der Waals surface area contributed by atoms with Crippen molar-refractivity contribution in [2.45, 2.75) is 0 Å². The fourth-order valence-electron chi connectivity index (χ4n) is 1.37. The highest BCUT2D eigenvalue weighted by Gasteiger charge is 2.11. The molecule has 18 heavy (non-hydrogen) atoms. The minimum Gasteiger partial charge on any atom is -0.459 e. The van der Waals surface area contributed by atoms with Gasteiger partial charge in [0.25, 0.3) is 5.91 Å². The van der Waals surface area contributed by atoms with Crippen molar-refractivity contribution in [1.29, 1.82) is 0 Å². The Morgan fingerprint density at radius 2 is 2.17 bits per heavy atom. The predicted molar refractivity (Wildman–Crippen MR) is 74.0 cm³/mol. The van der Waals surface area contributed by atoms with Crippen molar-refractivity contribution in [3.63, 3.8) is 0 Å². The first-order chi connectivity index (χ1) is 8.58. The van der Waals surface area contributed by atoms with Crippen molar-refractivity contribution in [1.82, 2.24) is 0 Å². The largest absolute Gasteiger partial charge is 0.459 e. The summed E-state index contributed by atoms with van der Waals surface area (Å²) in [5, 5.41) is 3.03. The molecule has 0 saturated carbocycles. The Bertz CT molecular complexity index is 596. The SMILES string of the molecule is NC(=S)c1ccc(Cl)c(NC(=O)c2ccco2)c1. The lowest BCUT2D eigenvalue weighted by molar-refractivity contribution is 0.0996. The minimum absolute atomic E-state index is 0.201. The number of furan rings is 1. The molecule has 3 N–H and O–H groups in total. The molecule has 1 aromatic heterocycles. The fourth-order valence-corrected chi connectivity index (χ4v) is 1.66. The summed E-state index contributed by atoms with van der Waals surface area (Å²) in [4.78, 5) is 12.0. The molecule has 92 valence electrons. The number of hydrogen-bond donors (Lipinski definition) is 2. The number of nitrogens with two attached hydrogens (primary N) is 1. The van der Waals surface area contributed by atoms with Crippen LogP contribution in [0.3, 0.4) is 0 Å². The molecule has 1 amide bonds. The highest BCUT2D eigenvalue weighted by atomic mass is 35.5. The van der Waals surface area contributed by atoms with Gasteiger partial charge < -0.3 is 15.5 Å². The van der Waals surface area contributed by atoms with Crippen molar-refractivity contribution < 1.29 is 9.21 Å². The topological polar surface area (TPSA) is 68.3 Å². The van der Waals surface area contributed by atoms with E-state index in [-0.39, 0.29) is 16.7 Å². The molecule has 2 rings (SSSR count). The number of rotatable bonds is 3. The van der Waals surface area contributed by atoms with Crippen molar-refractivity contribution in [3.8, 4) is 0 Å². The van der Waals surface area contributed by atoms with E-state index in [4.69, 9.17) is 34.0 Å². The zero-order valence-electron chi connectivity index (χ0n) is 9.14. The molecule has 0 fully saturated rings. The van der Waals surface area contributed by atoms with E-state index in [9.17, 15) is 4.79 Å². The Labute approximate surface area is 114 Å². The van der Waals surface area contributed by atoms with Gasteiger partial charge in [-0.3, -0.25) is 4.79 Å². The molecule has 0 spiro atoms. The van der Waals surface area contributed by atoms with E-state index >= 15 is 0 Å². The summed E-state index contributed by atoms with van der Waals surface area (Å²) in [5.41, 5.74) is 6.58. The van der Waals surface area contributed by atoms with Crippen molar-refractivity contribution >= 4 is 40.4 Å². The quantitative estimate of drug-likeness (QED) is 0.849. The number of hydrogen-bond acceptors (Lipinski definition) is 3. The van der Waals surface area contributed by atoms with E-state index in [2.05, 4.69) is 5.32 Å². The lowest BCUT2D eigenvalue weighted by Crippen LogP contribution is -2.13. The van der Waals surface area contributed by atoms with E-state index < -0.39 is 0 Å². The van der Waals surface area contributed by atoms with Crippen molar-refractivity contribution in [2.24, 2.45) is 5.73 Å². The third kappa shape index (κ3) is 2.69. The molecular weight excluding hydrogens is 272 g/mol. The molecule has 1 aromatic carbocycles. The highest BCUT2D eigenvalue weighted by molar-refractivity contribution is 7.80. The fraction of sp³-hybridized carbons (Fsp3) is 0. The van der Waals surface area contributed by atoms with Gasteiger partial charge in [0.15, 0.2) is 5.76 Å². The molecule has 0 unspecified atom stereocenters. The summed E-state index contributed by atoms with van der Waals surface area (Å²) in [5.74, 6) is -0.186. The van der Waals surface area contributed by atoms with Gasteiger partial charge in [0, 0.05) is 5.56 Å². The average Bonchev–Trinajstić information content (AvgIpc) is 2.85. The number of thiocarbonyl (C=S) groups is 1. The Kier molecular flexibility index (Phi) is 3.64. The Balaban J connectivity index is 2.26. The first-order valence-corrected chi connectivity index (χ1v) is 5.81. The monoisotopic (exact) mass is 280 g/mol. The molecule has 6 heteroatoms. The zero-order valence-corrected chi connectivity index (χ0v) is 10.7. The van der Waals surface area contributed by atoms with Gasteiger partial charge >= 0.3 is 0 Å². The first kappa shape index (κ1) is 12.6. The predicted octanol–water partition coefficient (Wildman–Crippen LogP) is 2.82. The number of nitrogens with one attached hydrogen (secondary N) is 1. The highest BCUT2D eigenvalue weighted by Crippen LogP contribution is 2.23. The third-order valence-corrected chi connectivity index (χ3v) is 2.81. The van der Waals surface area contributed by atoms with Gasteiger partial charge in [0.1, 0.15) is 4.99 Å². The number of benzene rings is 1. The van der Waals surface area contributed by atoms with Crippen molar-refractivity contribution in [2.75, 3.05) is 5.32 Å². The summed E-state index contributed by atoms with van der Waals surface area (Å²) in [6.07, 6.45) is 1.42. The Hall–Kier alpha value is -1.85. The van der Waals surface area contributed by atoms with E-state index in [1.807, 2.05) is 0 Å². The summed E-state index contributed by atoms with van der Waals surface area (Å²) in [6.45, 7) is 0. The average molecular weight is 281 g/mol. The molecule has 2 aromatic rings. The van der Waals surface area contributed by atoms with Crippen LogP contribution in [0.1, 0.15) is 16.1 Å². The van der Waals surface area contributed by atoms with Crippen molar-refractivity contribution in [3.05, 3.63) is 52.9 Å². The molecule has 0 radical (unpaired) electrons. The second-order valence-corrected chi connectivity index (χ2v) is 4.34. The van der Waals surface area contributed by atoms with E-state index in [0.29, 0.717) is 16.3 Å². The lowest BCUT2D eigenvalue weighted by Gasteiger charge is -2.07. The number of anilines is 1. The summed E-state index contributed by atoms with van der Waals surface area (Å²) in [6, 6.07) is 8.11. The van der Waals surface area contributed by atoms with Crippen LogP contribution in [-0.4, -0.2) is 10.9 Å². The van der Waals surface area contributed by atoms with Gasteiger partial charge in [-0.2, -0.15) is 0 Å². The Morgan fingerprint density at radius 3 is 2.78 bits per heavy atom. The van der Waals surface area contributed by atoms with Gasteiger partial charge in [-0.15, -0.1) is 0 Å². The lowest BCUT2D eigenvalue weighted by atomic mass is 10.2. The molecule has 0 saturated heterocycles. The van der Waals surface area contributed by atoms with Gasteiger partial charge in [0.2, 0.25) is 0 Å².